The van der Waals surface area contributed by atoms with E-state index in [1.54, 1.807) is 13.3 Å². The maximum atomic E-state index is 12.4. The minimum atomic E-state index is -0.305. The lowest BCUT2D eigenvalue weighted by Crippen LogP contribution is -2.31. The summed E-state index contributed by atoms with van der Waals surface area (Å²) >= 11 is 0. The van der Waals surface area contributed by atoms with Crippen LogP contribution in [-0.4, -0.2) is 65.7 Å². The molecule has 10 nitrogen and oxygen atoms in total. The second-order valence-electron chi connectivity index (χ2n) is 11.0. The summed E-state index contributed by atoms with van der Waals surface area (Å²) in [5.41, 5.74) is 6.47. The van der Waals surface area contributed by atoms with Gasteiger partial charge in [0.15, 0.2) is 0 Å². The van der Waals surface area contributed by atoms with E-state index in [1.807, 2.05) is 12.1 Å². The lowest BCUT2D eigenvalue weighted by atomic mass is 10.0. The summed E-state index contributed by atoms with van der Waals surface area (Å²) < 4.78 is 8.05. The zero-order valence-corrected chi connectivity index (χ0v) is 24.1. The minimum Gasteiger partial charge on any atom is -0.494 e. The molecule has 1 unspecified atom stereocenters. The lowest BCUT2D eigenvalue weighted by Gasteiger charge is -2.25. The van der Waals surface area contributed by atoms with Crippen LogP contribution in [0.4, 0.5) is 23.0 Å². The van der Waals surface area contributed by atoms with Crippen LogP contribution in [0, 0.1) is 11.3 Å². The number of aryl methyl sites for hydroxylation is 2. The Bertz CT molecular complexity index is 1730. The van der Waals surface area contributed by atoms with E-state index in [1.165, 1.54) is 17.2 Å². The number of carbonyl (C=O) groups excluding carboxylic acids is 1. The van der Waals surface area contributed by atoms with Gasteiger partial charge in [0.1, 0.15) is 11.8 Å². The first-order valence-corrected chi connectivity index (χ1v) is 14.1. The predicted octanol–water partition coefficient (Wildman–Crippen LogP) is 4.93. The van der Waals surface area contributed by atoms with Crippen LogP contribution in [0.2, 0.25) is 0 Å². The monoisotopic (exact) mass is 562 g/mol. The Hall–Kier alpha value is -4.88. The van der Waals surface area contributed by atoms with Crippen molar-refractivity contribution in [3.8, 4) is 23.1 Å². The first-order valence-electron chi connectivity index (χ1n) is 14.1. The highest BCUT2D eigenvalue weighted by atomic mass is 16.5. The SMILES string of the molecule is C=CC(=O)Nc1cc(Nc2ncc(C#N)c(-c3cn4c5c(cccc35)CCC4)n2)c(OC)cc1N1CCC(N(C)C)C1. The first-order chi connectivity index (χ1) is 20.4. The van der Waals surface area contributed by atoms with E-state index >= 15 is 0 Å². The number of para-hydroxylation sites is 1. The van der Waals surface area contributed by atoms with Crippen molar-refractivity contribution in [2.75, 3.05) is 49.8 Å². The fourth-order valence-electron chi connectivity index (χ4n) is 6.06. The predicted molar refractivity (Wildman–Crippen MR) is 165 cm³/mol. The highest BCUT2D eigenvalue weighted by molar-refractivity contribution is 6.02. The molecule has 1 fully saturated rings. The van der Waals surface area contributed by atoms with Crippen LogP contribution in [0.5, 0.6) is 5.75 Å². The van der Waals surface area contributed by atoms with Gasteiger partial charge >= 0.3 is 0 Å². The highest BCUT2D eigenvalue weighted by Gasteiger charge is 2.27. The van der Waals surface area contributed by atoms with Crippen molar-refractivity contribution in [3.05, 3.63) is 66.5 Å². The van der Waals surface area contributed by atoms with Crippen molar-refractivity contribution in [2.45, 2.75) is 31.8 Å². The van der Waals surface area contributed by atoms with Gasteiger partial charge in [0.05, 0.1) is 47.1 Å². The van der Waals surface area contributed by atoms with Crippen LogP contribution in [0.15, 0.2) is 55.4 Å². The molecule has 2 N–H and O–H groups in total. The van der Waals surface area contributed by atoms with Gasteiger partial charge < -0.3 is 29.7 Å². The second kappa shape index (κ2) is 11.2. The van der Waals surface area contributed by atoms with Gasteiger partial charge in [-0.2, -0.15) is 5.26 Å². The molecule has 214 valence electrons. The number of anilines is 4. The van der Waals surface area contributed by atoms with Gasteiger partial charge in [-0.1, -0.05) is 24.8 Å². The molecule has 2 aromatic carbocycles. The van der Waals surface area contributed by atoms with E-state index < -0.39 is 0 Å². The number of nitriles is 1. The van der Waals surface area contributed by atoms with Crippen molar-refractivity contribution in [2.24, 2.45) is 0 Å². The summed E-state index contributed by atoms with van der Waals surface area (Å²) in [4.78, 5) is 26.2. The molecule has 0 saturated carbocycles. The molecule has 4 heterocycles. The summed E-state index contributed by atoms with van der Waals surface area (Å²) in [7, 11) is 5.77. The fourth-order valence-corrected chi connectivity index (χ4v) is 6.06. The van der Waals surface area contributed by atoms with E-state index in [0.717, 1.165) is 55.5 Å². The van der Waals surface area contributed by atoms with Gasteiger partial charge in [0, 0.05) is 48.9 Å². The Morgan fingerprint density at radius 2 is 2.12 bits per heavy atom. The summed E-state index contributed by atoms with van der Waals surface area (Å²) in [6, 6.07) is 12.8. The van der Waals surface area contributed by atoms with Crippen LogP contribution in [-0.2, 0) is 17.8 Å². The molecule has 4 aromatic rings. The molecule has 0 radical (unpaired) electrons. The number of amides is 1. The lowest BCUT2D eigenvalue weighted by molar-refractivity contribution is -0.111. The van der Waals surface area contributed by atoms with E-state index in [9.17, 15) is 10.1 Å². The molecule has 1 saturated heterocycles. The number of methoxy groups -OCH3 is 1. The second-order valence-corrected chi connectivity index (χ2v) is 11.0. The largest absolute Gasteiger partial charge is 0.494 e. The third kappa shape index (κ3) is 4.92. The average Bonchev–Trinajstić information content (AvgIpc) is 3.64. The molecule has 10 heteroatoms. The molecule has 42 heavy (non-hydrogen) atoms. The number of nitrogens with zero attached hydrogens (tertiary/aromatic N) is 6. The Morgan fingerprint density at radius 3 is 2.86 bits per heavy atom. The van der Waals surface area contributed by atoms with Crippen LogP contribution >= 0.6 is 0 Å². The molecule has 2 aliphatic heterocycles. The Kier molecular flexibility index (Phi) is 7.27. The van der Waals surface area contributed by atoms with E-state index in [2.05, 4.69) is 81.1 Å². The molecule has 2 aromatic heterocycles. The van der Waals surface area contributed by atoms with Crippen molar-refractivity contribution >= 4 is 39.8 Å². The molecule has 2 aliphatic rings. The normalized spacial score (nSPS) is 16.0. The summed E-state index contributed by atoms with van der Waals surface area (Å²) in [6.07, 6.45) is 8.03. The number of hydrogen-bond acceptors (Lipinski definition) is 8. The van der Waals surface area contributed by atoms with E-state index in [4.69, 9.17) is 9.72 Å². The zero-order chi connectivity index (χ0) is 29.4. The molecular formula is C32H34N8O2. The first kappa shape index (κ1) is 27.3. The van der Waals surface area contributed by atoms with E-state index in [0.29, 0.717) is 40.4 Å². The smallest absolute Gasteiger partial charge is 0.247 e. The molecule has 1 amide bonds. The van der Waals surface area contributed by atoms with Gasteiger partial charge in [0.25, 0.3) is 0 Å². The minimum absolute atomic E-state index is 0.305. The molecule has 1 atom stereocenters. The molecule has 6 rings (SSSR count). The number of ether oxygens (including phenoxy) is 1. The molecule has 0 spiro atoms. The van der Waals surface area contributed by atoms with Gasteiger partial charge in [-0.15, -0.1) is 0 Å². The summed E-state index contributed by atoms with van der Waals surface area (Å²) in [5.74, 6) is 0.592. The van der Waals surface area contributed by atoms with Gasteiger partial charge in [-0.3, -0.25) is 4.79 Å². The number of hydrogen-bond donors (Lipinski definition) is 2. The van der Waals surface area contributed by atoms with E-state index in [-0.39, 0.29) is 5.91 Å². The summed E-state index contributed by atoms with van der Waals surface area (Å²) in [5, 5.41) is 17.3. The third-order valence-electron chi connectivity index (χ3n) is 8.23. The van der Waals surface area contributed by atoms with Gasteiger partial charge in [-0.05, 0) is 51.1 Å². The van der Waals surface area contributed by atoms with Crippen molar-refractivity contribution < 1.29 is 9.53 Å². The zero-order valence-electron chi connectivity index (χ0n) is 24.1. The van der Waals surface area contributed by atoms with Crippen LogP contribution in [0.25, 0.3) is 22.2 Å². The standard InChI is InChI=1S/C32H34N8O2/c1-5-29(41)35-25-14-26(28(42-4)15-27(25)39-13-11-22(18-39)38(2)3)36-32-34-17-21(16-33)30(37-32)24-19-40-12-7-9-20-8-6-10-23(24)31(20)40/h5-6,8,10,14-15,17,19,22H,1,7,9,11-13,18H2,2-4H3,(H,35,41)(H,34,36,37). The average molecular weight is 563 g/mol. The maximum absolute atomic E-state index is 12.4. The number of nitrogens with one attached hydrogen (secondary N) is 2. The van der Waals surface area contributed by atoms with Crippen molar-refractivity contribution in [1.82, 2.24) is 19.4 Å². The fraction of sp³-hybridized carbons (Fsp3) is 0.312. The van der Waals surface area contributed by atoms with Crippen molar-refractivity contribution in [3.63, 3.8) is 0 Å². The Morgan fingerprint density at radius 1 is 1.26 bits per heavy atom. The highest BCUT2D eigenvalue weighted by Crippen LogP contribution is 2.40. The van der Waals surface area contributed by atoms with Gasteiger partial charge in [-0.25, -0.2) is 9.97 Å². The number of rotatable bonds is 8. The Labute approximate surface area is 245 Å². The maximum Gasteiger partial charge on any atom is 0.247 e. The van der Waals surface area contributed by atoms with Crippen LogP contribution < -0.4 is 20.3 Å². The van der Waals surface area contributed by atoms with Crippen LogP contribution in [0.1, 0.15) is 24.0 Å². The molecule has 0 aliphatic carbocycles. The Balaban J connectivity index is 1.40. The molecular weight excluding hydrogens is 528 g/mol. The summed E-state index contributed by atoms with van der Waals surface area (Å²) in [6.45, 7) is 6.23. The number of carbonyl (C=O) groups is 1. The number of aromatic nitrogens is 3. The molecule has 0 bridgehead atoms. The number of likely N-dealkylation sites (N-methyl/N-ethyl adjacent to an activating group) is 1. The van der Waals surface area contributed by atoms with Crippen LogP contribution in [0.3, 0.4) is 0 Å². The quantitative estimate of drug-likeness (QED) is 0.291. The third-order valence-corrected chi connectivity index (χ3v) is 8.23. The van der Waals surface area contributed by atoms with Gasteiger partial charge in [0.2, 0.25) is 11.9 Å². The number of benzene rings is 2. The topological polar surface area (TPSA) is 111 Å². The van der Waals surface area contributed by atoms with Crippen molar-refractivity contribution in [1.29, 1.82) is 5.26 Å².